The Labute approximate surface area is 125 Å². The van der Waals surface area contributed by atoms with Crippen LogP contribution in [0.2, 0.25) is 0 Å². The van der Waals surface area contributed by atoms with Crippen LogP contribution in [-0.2, 0) is 4.79 Å². The number of hydrogen-bond acceptors (Lipinski definition) is 3. The van der Waals surface area contributed by atoms with Crippen LogP contribution in [0.3, 0.4) is 0 Å². The molecule has 0 atom stereocenters. The molecule has 0 aromatic carbocycles. The first-order valence-corrected chi connectivity index (χ1v) is 7.81. The maximum absolute atomic E-state index is 12.4. The third kappa shape index (κ3) is 5.25. The summed E-state index contributed by atoms with van der Waals surface area (Å²) in [6.45, 7) is 3.28. The number of amides is 2. The molecule has 5 heteroatoms. The monoisotopic (exact) mass is 292 g/mol. The van der Waals surface area contributed by atoms with E-state index in [0.29, 0.717) is 31.1 Å². The highest BCUT2D eigenvalue weighted by Gasteiger charge is 2.24. The van der Waals surface area contributed by atoms with Gasteiger partial charge in [-0.15, -0.1) is 0 Å². The van der Waals surface area contributed by atoms with Crippen LogP contribution in [0.15, 0.2) is 23.0 Å². The number of unbranched alkanes of at least 4 members (excludes halogenated alkanes) is 2. The van der Waals surface area contributed by atoms with Crippen LogP contribution in [0.4, 0.5) is 0 Å². The molecule has 1 N–H and O–H groups in total. The molecule has 0 radical (unpaired) electrons. The lowest BCUT2D eigenvalue weighted by Crippen LogP contribution is -2.36. The van der Waals surface area contributed by atoms with Gasteiger partial charge in [0.2, 0.25) is 5.91 Å². The first-order chi connectivity index (χ1) is 10.2. The standard InChI is InChI=1S/C16H24N2O3/c1-2-3-4-9-18(16(20)13-8-11-21-12-13)10-7-15(19)17-14-5-6-14/h8,11-12,14H,2-7,9-10H2,1H3,(H,17,19). The molecule has 0 bridgehead atoms. The van der Waals surface area contributed by atoms with E-state index < -0.39 is 0 Å². The van der Waals surface area contributed by atoms with E-state index in [1.54, 1.807) is 11.0 Å². The molecule has 1 heterocycles. The number of carbonyl (C=O) groups is 2. The van der Waals surface area contributed by atoms with Crippen molar-refractivity contribution in [1.82, 2.24) is 10.2 Å². The highest BCUT2D eigenvalue weighted by atomic mass is 16.3. The van der Waals surface area contributed by atoms with Gasteiger partial charge in [0.15, 0.2) is 0 Å². The van der Waals surface area contributed by atoms with Gasteiger partial charge in [0.1, 0.15) is 6.26 Å². The smallest absolute Gasteiger partial charge is 0.257 e. The maximum Gasteiger partial charge on any atom is 0.257 e. The number of hydrogen-bond donors (Lipinski definition) is 1. The Balaban J connectivity index is 1.84. The van der Waals surface area contributed by atoms with Gasteiger partial charge in [0.25, 0.3) is 5.91 Å². The second kappa shape index (κ2) is 7.86. The summed E-state index contributed by atoms with van der Waals surface area (Å²) in [5.74, 6) is -0.0166. The van der Waals surface area contributed by atoms with E-state index in [4.69, 9.17) is 4.42 Å². The van der Waals surface area contributed by atoms with Crippen LogP contribution in [0.1, 0.15) is 55.8 Å². The molecule has 1 saturated carbocycles. The largest absolute Gasteiger partial charge is 0.472 e. The second-order valence-electron chi connectivity index (χ2n) is 5.60. The highest BCUT2D eigenvalue weighted by Crippen LogP contribution is 2.18. The Morgan fingerprint density at radius 3 is 2.76 bits per heavy atom. The molecule has 5 nitrogen and oxygen atoms in total. The molecular formula is C16H24N2O3. The van der Waals surface area contributed by atoms with E-state index >= 15 is 0 Å². The molecule has 2 rings (SSSR count). The summed E-state index contributed by atoms with van der Waals surface area (Å²) in [5, 5.41) is 2.95. The number of nitrogens with one attached hydrogen (secondary N) is 1. The molecule has 0 saturated heterocycles. The minimum absolute atomic E-state index is 0.0398. The predicted octanol–water partition coefficient (Wildman–Crippen LogP) is 2.58. The van der Waals surface area contributed by atoms with Crippen molar-refractivity contribution in [3.63, 3.8) is 0 Å². The SMILES string of the molecule is CCCCCN(CCC(=O)NC1CC1)C(=O)c1ccoc1. The fourth-order valence-electron chi connectivity index (χ4n) is 2.20. The lowest BCUT2D eigenvalue weighted by molar-refractivity contribution is -0.121. The zero-order valence-corrected chi connectivity index (χ0v) is 12.6. The molecular weight excluding hydrogens is 268 g/mol. The molecule has 1 aromatic rings. The van der Waals surface area contributed by atoms with Crippen molar-refractivity contribution in [3.05, 3.63) is 24.2 Å². The Hall–Kier alpha value is -1.78. The Bertz CT molecular complexity index is 452. The molecule has 0 aliphatic heterocycles. The van der Waals surface area contributed by atoms with Gasteiger partial charge in [0, 0.05) is 25.6 Å². The zero-order chi connectivity index (χ0) is 15.1. The second-order valence-corrected chi connectivity index (χ2v) is 5.60. The van der Waals surface area contributed by atoms with E-state index in [9.17, 15) is 9.59 Å². The van der Waals surface area contributed by atoms with Crippen molar-refractivity contribution in [3.8, 4) is 0 Å². The van der Waals surface area contributed by atoms with Crippen LogP contribution >= 0.6 is 0 Å². The summed E-state index contributed by atoms with van der Waals surface area (Å²) in [7, 11) is 0. The van der Waals surface area contributed by atoms with Gasteiger partial charge >= 0.3 is 0 Å². The van der Waals surface area contributed by atoms with Gasteiger partial charge in [-0.1, -0.05) is 19.8 Å². The van der Waals surface area contributed by atoms with Gasteiger partial charge in [0.05, 0.1) is 11.8 Å². The molecule has 1 aromatic heterocycles. The van der Waals surface area contributed by atoms with E-state index in [-0.39, 0.29) is 11.8 Å². The number of furan rings is 1. The molecule has 21 heavy (non-hydrogen) atoms. The van der Waals surface area contributed by atoms with Gasteiger partial charge < -0.3 is 14.6 Å². The fraction of sp³-hybridized carbons (Fsp3) is 0.625. The molecule has 2 amide bonds. The highest BCUT2D eigenvalue weighted by molar-refractivity contribution is 5.94. The fourth-order valence-corrected chi connectivity index (χ4v) is 2.20. The zero-order valence-electron chi connectivity index (χ0n) is 12.6. The van der Waals surface area contributed by atoms with Crippen molar-refractivity contribution >= 4 is 11.8 Å². The molecule has 1 aliphatic carbocycles. The maximum atomic E-state index is 12.4. The van der Waals surface area contributed by atoms with E-state index in [1.807, 2.05) is 0 Å². The van der Waals surface area contributed by atoms with Crippen molar-refractivity contribution in [1.29, 1.82) is 0 Å². The minimum atomic E-state index is -0.0564. The first-order valence-electron chi connectivity index (χ1n) is 7.81. The topological polar surface area (TPSA) is 62.6 Å². The van der Waals surface area contributed by atoms with Crippen LogP contribution in [0.5, 0.6) is 0 Å². The number of nitrogens with zero attached hydrogens (tertiary/aromatic N) is 1. The van der Waals surface area contributed by atoms with Crippen LogP contribution < -0.4 is 5.32 Å². The first kappa shape index (κ1) is 15.6. The number of carbonyl (C=O) groups excluding carboxylic acids is 2. The van der Waals surface area contributed by atoms with Crippen LogP contribution in [-0.4, -0.2) is 35.8 Å². The molecule has 116 valence electrons. The normalized spacial score (nSPS) is 14.0. The Morgan fingerprint density at radius 1 is 1.33 bits per heavy atom. The van der Waals surface area contributed by atoms with Crippen molar-refractivity contribution in [2.45, 2.75) is 51.5 Å². The lowest BCUT2D eigenvalue weighted by Gasteiger charge is -2.22. The van der Waals surface area contributed by atoms with Gasteiger partial charge in [-0.25, -0.2) is 0 Å². The molecule has 0 spiro atoms. The van der Waals surface area contributed by atoms with E-state index in [1.165, 1.54) is 12.5 Å². The third-order valence-electron chi connectivity index (χ3n) is 3.64. The molecule has 1 fully saturated rings. The minimum Gasteiger partial charge on any atom is -0.472 e. The third-order valence-corrected chi connectivity index (χ3v) is 3.64. The summed E-state index contributed by atoms with van der Waals surface area (Å²) in [6.07, 6.45) is 8.65. The average Bonchev–Trinajstić information content (AvgIpc) is 3.11. The average molecular weight is 292 g/mol. The van der Waals surface area contributed by atoms with Crippen LogP contribution in [0.25, 0.3) is 0 Å². The quantitative estimate of drug-likeness (QED) is 0.712. The van der Waals surface area contributed by atoms with E-state index in [2.05, 4.69) is 12.2 Å². The van der Waals surface area contributed by atoms with Crippen molar-refractivity contribution in [2.75, 3.05) is 13.1 Å². The summed E-state index contributed by atoms with van der Waals surface area (Å²) < 4.78 is 4.97. The van der Waals surface area contributed by atoms with E-state index in [0.717, 1.165) is 32.1 Å². The number of rotatable bonds is 9. The van der Waals surface area contributed by atoms with Gasteiger partial charge in [-0.3, -0.25) is 9.59 Å². The van der Waals surface area contributed by atoms with Gasteiger partial charge in [-0.05, 0) is 25.3 Å². The summed E-state index contributed by atoms with van der Waals surface area (Å²) >= 11 is 0. The Kier molecular flexibility index (Phi) is 5.84. The van der Waals surface area contributed by atoms with Crippen molar-refractivity contribution < 1.29 is 14.0 Å². The van der Waals surface area contributed by atoms with Crippen LogP contribution in [0, 0.1) is 0 Å². The van der Waals surface area contributed by atoms with Crippen molar-refractivity contribution in [2.24, 2.45) is 0 Å². The Morgan fingerprint density at radius 2 is 2.14 bits per heavy atom. The van der Waals surface area contributed by atoms with Gasteiger partial charge in [-0.2, -0.15) is 0 Å². The summed E-state index contributed by atoms with van der Waals surface area (Å²) in [6, 6.07) is 2.04. The predicted molar refractivity (Wildman–Crippen MR) is 79.9 cm³/mol. The molecule has 1 aliphatic rings. The summed E-state index contributed by atoms with van der Waals surface area (Å²) in [4.78, 5) is 25.9. The molecule has 0 unspecified atom stereocenters. The lowest BCUT2D eigenvalue weighted by atomic mass is 10.2. The summed E-state index contributed by atoms with van der Waals surface area (Å²) in [5.41, 5.74) is 0.550.